The standard InChI is InChI=1S/C35H67NO6/c1-5-6-7-8-9-10-11-12-13-14-15-16-17-18-19-20-21-22-23-24-25-26-36(27-30(2)33(37)38,28-31(3)34(39)40)29-32(4)35(41)42/h30-32H,5-29H2,1-4H3,(H2-,37,38,39,40,41,42)/p+1. The Labute approximate surface area is 258 Å². The molecule has 0 aromatic rings. The van der Waals surface area contributed by atoms with E-state index in [0.717, 1.165) is 19.3 Å². The fourth-order valence-corrected chi connectivity index (χ4v) is 6.35. The number of rotatable bonds is 31. The summed E-state index contributed by atoms with van der Waals surface area (Å²) in [5.74, 6) is -4.78. The minimum absolute atomic E-state index is 0.230. The molecule has 3 unspecified atom stereocenters. The van der Waals surface area contributed by atoms with Crippen LogP contribution in [0.4, 0.5) is 0 Å². The average Bonchev–Trinajstić information content (AvgIpc) is 2.93. The SMILES string of the molecule is CCCCCCCCCCCCCCCCCCCCCCC[N+](CC(C)C(=O)O)(CC(C)C(=O)O)CC(C)C(=O)O. The summed E-state index contributed by atoms with van der Waals surface area (Å²) >= 11 is 0. The van der Waals surface area contributed by atoms with Crippen molar-refractivity contribution in [2.24, 2.45) is 17.8 Å². The Balaban J connectivity index is 4.14. The van der Waals surface area contributed by atoms with Crippen LogP contribution >= 0.6 is 0 Å². The van der Waals surface area contributed by atoms with Gasteiger partial charge in [0.15, 0.2) is 0 Å². The zero-order chi connectivity index (χ0) is 31.6. The number of aliphatic carboxylic acids is 3. The van der Waals surface area contributed by atoms with Crippen molar-refractivity contribution in [1.82, 2.24) is 0 Å². The monoisotopic (exact) mass is 599 g/mol. The van der Waals surface area contributed by atoms with Crippen LogP contribution in [-0.4, -0.2) is 63.9 Å². The van der Waals surface area contributed by atoms with Crippen LogP contribution in [-0.2, 0) is 14.4 Å². The summed E-state index contributed by atoms with van der Waals surface area (Å²) in [5.41, 5.74) is 0. The van der Waals surface area contributed by atoms with Crippen LogP contribution in [0.15, 0.2) is 0 Å². The van der Waals surface area contributed by atoms with Crippen molar-refractivity contribution >= 4 is 17.9 Å². The molecule has 248 valence electrons. The van der Waals surface area contributed by atoms with Gasteiger partial charge in [-0.25, -0.2) is 0 Å². The van der Waals surface area contributed by atoms with Crippen LogP contribution in [0.25, 0.3) is 0 Å². The maximum atomic E-state index is 11.6. The molecule has 0 amide bonds. The molecule has 0 rings (SSSR count). The van der Waals surface area contributed by atoms with Crippen molar-refractivity contribution in [2.45, 2.75) is 163 Å². The largest absolute Gasteiger partial charge is 0.481 e. The number of hydrogen-bond acceptors (Lipinski definition) is 3. The molecule has 3 atom stereocenters. The first-order chi connectivity index (χ1) is 20.0. The summed E-state index contributed by atoms with van der Waals surface area (Å²) in [7, 11) is 0. The third-order valence-corrected chi connectivity index (χ3v) is 8.98. The highest BCUT2D eigenvalue weighted by molar-refractivity contribution is 5.70. The van der Waals surface area contributed by atoms with E-state index in [1.807, 2.05) is 0 Å². The molecule has 0 spiro atoms. The lowest BCUT2D eigenvalue weighted by molar-refractivity contribution is -0.934. The minimum Gasteiger partial charge on any atom is -0.481 e. The molecule has 0 radical (unpaired) electrons. The third kappa shape index (κ3) is 22.0. The summed E-state index contributed by atoms with van der Waals surface area (Å²) in [6.45, 7) is 8.54. The number of hydrogen-bond donors (Lipinski definition) is 3. The van der Waals surface area contributed by atoms with Crippen LogP contribution in [0.2, 0.25) is 0 Å². The van der Waals surface area contributed by atoms with Gasteiger partial charge in [0.1, 0.15) is 17.8 Å². The van der Waals surface area contributed by atoms with E-state index in [9.17, 15) is 29.7 Å². The lowest BCUT2D eigenvalue weighted by Gasteiger charge is -2.42. The molecule has 7 heteroatoms. The van der Waals surface area contributed by atoms with Crippen molar-refractivity contribution in [3.8, 4) is 0 Å². The van der Waals surface area contributed by atoms with Crippen LogP contribution < -0.4 is 0 Å². The molecule has 7 nitrogen and oxygen atoms in total. The van der Waals surface area contributed by atoms with Crippen LogP contribution in [0.3, 0.4) is 0 Å². The van der Waals surface area contributed by atoms with Gasteiger partial charge in [-0.3, -0.25) is 14.4 Å². The van der Waals surface area contributed by atoms with Crippen molar-refractivity contribution in [3.05, 3.63) is 0 Å². The molecular weight excluding hydrogens is 530 g/mol. The lowest BCUT2D eigenvalue weighted by atomic mass is 10.00. The van der Waals surface area contributed by atoms with Crippen molar-refractivity contribution in [3.63, 3.8) is 0 Å². The quantitative estimate of drug-likeness (QED) is 0.0542. The average molecular weight is 599 g/mol. The van der Waals surface area contributed by atoms with E-state index < -0.39 is 35.7 Å². The van der Waals surface area contributed by atoms with Gasteiger partial charge < -0.3 is 19.8 Å². The highest BCUT2D eigenvalue weighted by Crippen LogP contribution is 2.22. The molecule has 0 aromatic carbocycles. The van der Waals surface area contributed by atoms with Gasteiger partial charge in [0, 0.05) is 0 Å². The summed E-state index contributed by atoms with van der Waals surface area (Å²) in [6.07, 6.45) is 27.5. The number of carboxylic acid groups (broad SMARTS) is 3. The maximum Gasteiger partial charge on any atom is 0.311 e. The van der Waals surface area contributed by atoms with E-state index >= 15 is 0 Å². The molecule has 0 aliphatic carbocycles. The van der Waals surface area contributed by atoms with Gasteiger partial charge in [-0.1, -0.05) is 129 Å². The Hall–Kier alpha value is -1.63. The normalized spacial score (nSPS) is 15.1. The summed E-state index contributed by atoms with van der Waals surface area (Å²) < 4.78 is 0.230. The first kappa shape index (κ1) is 40.4. The molecule has 0 saturated carbocycles. The van der Waals surface area contributed by atoms with Crippen molar-refractivity contribution in [1.29, 1.82) is 0 Å². The number of carbonyl (C=O) groups is 3. The first-order valence-electron chi connectivity index (χ1n) is 17.6. The van der Waals surface area contributed by atoms with E-state index in [-0.39, 0.29) is 24.1 Å². The fourth-order valence-electron chi connectivity index (χ4n) is 6.35. The number of quaternary nitrogens is 1. The van der Waals surface area contributed by atoms with Crippen LogP contribution in [0, 0.1) is 17.8 Å². The third-order valence-electron chi connectivity index (χ3n) is 8.98. The van der Waals surface area contributed by atoms with Gasteiger partial charge in [-0.15, -0.1) is 0 Å². The number of carboxylic acids is 3. The van der Waals surface area contributed by atoms with Crippen molar-refractivity contribution < 1.29 is 34.2 Å². The zero-order valence-corrected chi connectivity index (χ0v) is 27.9. The van der Waals surface area contributed by atoms with Gasteiger partial charge in [-0.2, -0.15) is 0 Å². The zero-order valence-electron chi connectivity index (χ0n) is 27.9. The second-order valence-electron chi connectivity index (χ2n) is 13.4. The topological polar surface area (TPSA) is 112 Å². The molecule has 0 aliphatic heterocycles. The second kappa shape index (κ2) is 25.8. The first-order valence-corrected chi connectivity index (χ1v) is 17.6. The van der Waals surface area contributed by atoms with E-state index in [4.69, 9.17) is 0 Å². The summed E-state index contributed by atoms with van der Waals surface area (Å²) in [5, 5.41) is 28.6. The molecule has 0 saturated heterocycles. The van der Waals surface area contributed by atoms with Crippen LogP contribution in [0.5, 0.6) is 0 Å². The highest BCUT2D eigenvalue weighted by Gasteiger charge is 2.38. The minimum atomic E-state index is -0.928. The van der Waals surface area contributed by atoms with Crippen LogP contribution in [0.1, 0.15) is 163 Å². The molecule has 0 aromatic heterocycles. The Morgan fingerprint density at radius 1 is 0.429 bits per heavy atom. The van der Waals surface area contributed by atoms with E-state index in [2.05, 4.69) is 6.92 Å². The van der Waals surface area contributed by atoms with Gasteiger partial charge in [0.05, 0.1) is 26.2 Å². The Morgan fingerprint density at radius 3 is 0.857 bits per heavy atom. The molecule has 42 heavy (non-hydrogen) atoms. The number of nitrogens with zero attached hydrogens (tertiary/aromatic N) is 1. The molecule has 0 fully saturated rings. The number of unbranched alkanes of at least 4 members (excludes halogenated alkanes) is 20. The molecule has 0 aliphatic rings. The van der Waals surface area contributed by atoms with Gasteiger partial charge in [0.25, 0.3) is 0 Å². The predicted octanol–water partition coefficient (Wildman–Crippen LogP) is 9.18. The Morgan fingerprint density at radius 2 is 0.643 bits per heavy atom. The second-order valence-corrected chi connectivity index (χ2v) is 13.4. The molecule has 0 bridgehead atoms. The van der Waals surface area contributed by atoms with Gasteiger partial charge >= 0.3 is 17.9 Å². The summed E-state index contributed by atoms with van der Waals surface area (Å²) in [6, 6.07) is 0. The summed E-state index contributed by atoms with van der Waals surface area (Å²) in [4.78, 5) is 34.9. The highest BCUT2D eigenvalue weighted by atomic mass is 16.4. The van der Waals surface area contributed by atoms with E-state index in [1.165, 1.54) is 116 Å². The molecule has 3 N–H and O–H groups in total. The van der Waals surface area contributed by atoms with Gasteiger partial charge in [0.2, 0.25) is 0 Å². The van der Waals surface area contributed by atoms with E-state index in [1.54, 1.807) is 20.8 Å². The molecule has 0 heterocycles. The smallest absolute Gasteiger partial charge is 0.311 e. The van der Waals surface area contributed by atoms with Crippen molar-refractivity contribution in [2.75, 3.05) is 26.2 Å². The fraction of sp³-hybridized carbons (Fsp3) is 0.914. The molecular formula is C35H68NO6+. The lowest BCUT2D eigenvalue weighted by Crippen LogP contribution is -2.57. The predicted molar refractivity (Wildman–Crippen MR) is 173 cm³/mol. The van der Waals surface area contributed by atoms with E-state index in [0.29, 0.717) is 6.54 Å². The Kier molecular flexibility index (Phi) is 24.8. The van der Waals surface area contributed by atoms with Gasteiger partial charge in [-0.05, 0) is 33.6 Å². The Bertz CT molecular complexity index is 642. The maximum absolute atomic E-state index is 11.6.